The zero-order valence-corrected chi connectivity index (χ0v) is 21.9. The van der Waals surface area contributed by atoms with Gasteiger partial charge in [-0.05, 0) is 16.7 Å². The summed E-state index contributed by atoms with van der Waals surface area (Å²) >= 11 is 7.60. The topological polar surface area (TPSA) is 84.9 Å². The molecule has 1 fully saturated rings. The molecule has 0 spiro atoms. The summed E-state index contributed by atoms with van der Waals surface area (Å²) in [6.45, 7) is 0. The van der Waals surface area contributed by atoms with E-state index in [0.29, 0.717) is 11.3 Å². The number of β-lactam (4-membered cyclic amide) rings is 1. The molecular formula is C29H25ClN2O5S. The second-order valence-electron chi connectivity index (χ2n) is 8.83. The molecule has 2 atom stereocenters. The summed E-state index contributed by atoms with van der Waals surface area (Å²) in [7, 11) is 0. The highest BCUT2D eigenvalue weighted by Gasteiger charge is 2.54. The minimum Gasteiger partial charge on any atom is -0.421 e. The van der Waals surface area contributed by atoms with E-state index in [4.69, 9.17) is 21.1 Å². The van der Waals surface area contributed by atoms with Crippen molar-refractivity contribution in [3.8, 4) is 0 Å². The monoisotopic (exact) mass is 548 g/mol. The number of amides is 2. The summed E-state index contributed by atoms with van der Waals surface area (Å²) in [6, 6.07) is 27.3. The summed E-state index contributed by atoms with van der Waals surface area (Å²) in [6.07, 6.45) is -1.48. The molecule has 0 bridgehead atoms. The van der Waals surface area contributed by atoms with Crippen molar-refractivity contribution in [2.45, 2.75) is 23.9 Å². The summed E-state index contributed by atoms with van der Waals surface area (Å²) in [5.41, 5.74) is 3.01. The number of fused-ring (bicyclic) bond motifs is 1. The largest absolute Gasteiger partial charge is 0.516 e. The molecule has 38 heavy (non-hydrogen) atoms. The first-order valence-corrected chi connectivity index (χ1v) is 13.7. The van der Waals surface area contributed by atoms with Crippen molar-refractivity contribution < 1.29 is 23.9 Å². The number of thioether (sulfide) groups is 1. The number of hydrogen-bond donors (Lipinski definition) is 1. The van der Waals surface area contributed by atoms with Gasteiger partial charge in [-0.2, -0.15) is 0 Å². The molecular weight excluding hydrogens is 524 g/mol. The predicted molar refractivity (Wildman–Crippen MR) is 145 cm³/mol. The first-order chi connectivity index (χ1) is 18.5. The number of benzene rings is 3. The molecule has 2 heterocycles. The van der Waals surface area contributed by atoms with E-state index in [0.717, 1.165) is 16.7 Å². The average molecular weight is 549 g/mol. The standard InChI is InChI=1S/C29H25ClN2O5S/c30-17-22-18-38-28-24(31-23(33)16-19-10-4-1-5-11-19)26(34)32(28)27(22)37-29(35)36-25(20-12-6-2-7-13-20)21-14-8-3-9-15-21/h1-15,24-25,28H,16-18H2,(H,31,33)/t24-,28+/m1/s1. The highest BCUT2D eigenvalue weighted by Crippen LogP contribution is 2.41. The van der Waals surface area contributed by atoms with Gasteiger partial charge in [-0.15, -0.1) is 23.4 Å². The van der Waals surface area contributed by atoms with Crippen molar-refractivity contribution in [1.82, 2.24) is 10.2 Å². The summed E-state index contributed by atoms with van der Waals surface area (Å²) in [5, 5.41) is 2.41. The first-order valence-electron chi connectivity index (χ1n) is 12.1. The van der Waals surface area contributed by atoms with E-state index in [1.54, 1.807) is 0 Å². The second-order valence-corrected chi connectivity index (χ2v) is 10.2. The third-order valence-electron chi connectivity index (χ3n) is 6.28. The van der Waals surface area contributed by atoms with Gasteiger partial charge in [0.25, 0.3) is 5.91 Å². The Labute approximate surface area is 229 Å². The molecule has 7 nitrogen and oxygen atoms in total. The zero-order chi connectivity index (χ0) is 26.5. The third-order valence-corrected chi connectivity index (χ3v) is 7.94. The smallest absolute Gasteiger partial charge is 0.421 e. The molecule has 2 aliphatic rings. The van der Waals surface area contributed by atoms with Crippen LogP contribution in [0.15, 0.2) is 102 Å². The number of ether oxygens (including phenoxy) is 2. The van der Waals surface area contributed by atoms with E-state index >= 15 is 0 Å². The Morgan fingerprint density at radius 2 is 1.53 bits per heavy atom. The van der Waals surface area contributed by atoms with Crippen LogP contribution in [0.2, 0.25) is 0 Å². The molecule has 2 aliphatic heterocycles. The SMILES string of the molecule is O=C(Cc1ccccc1)N[C@@H]1C(=O)N2C(OC(=O)OC(c3ccccc3)c3ccccc3)=C(CCl)CS[C@@H]12. The van der Waals surface area contributed by atoms with Gasteiger partial charge in [0, 0.05) is 17.2 Å². The maximum Gasteiger partial charge on any atom is 0.516 e. The number of halogens is 1. The molecule has 0 unspecified atom stereocenters. The van der Waals surface area contributed by atoms with Crippen LogP contribution < -0.4 is 5.32 Å². The Morgan fingerprint density at radius 3 is 2.11 bits per heavy atom. The van der Waals surface area contributed by atoms with E-state index in [1.165, 1.54) is 16.7 Å². The van der Waals surface area contributed by atoms with Crippen LogP contribution >= 0.6 is 23.4 Å². The van der Waals surface area contributed by atoms with E-state index < -0.39 is 23.7 Å². The Kier molecular flexibility index (Phi) is 8.00. The Bertz CT molecular complexity index is 1300. The van der Waals surface area contributed by atoms with Crippen molar-refractivity contribution in [2.75, 3.05) is 11.6 Å². The van der Waals surface area contributed by atoms with Gasteiger partial charge in [-0.25, -0.2) is 4.79 Å². The van der Waals surface area contributed by atoms with Gasteiger partial charge in [0.1, 0.15) is 11.4 Å². The highest BCUT2D eigenvalue weighted by molar-refractivity contribution is 8.00. The lowest BCUT2D eigenvalue weighted by Crippen LogP contribution is -2.70. The van der Waals surface area contributed by atoms with Gasteiger partial charge in [0.05, 0.1) is 6.42 Å². The average Bonchev–Trinajstić information content (AvgIpc) is 2.95. The number of alkyl halides is 1. The summed E-state index contributed by atoms with van der Waals surface area (Å²) in [4.78, 5) is 40.1. The van der Waals surface area contributed by atoms with Crippen LogP contribution in [0.3, 0.4) is 0 Å². The van der Waals surface area contributed by atoms with Gasteiger partial charge < -0.3 is 14.8 Å². The van der Waals surface area contributed by atoms with Crippen LogP contribution in [-0.2, 0) is 25.5 Å². The minimum absolute atomic E-state index is 0.0761. The van der Waals surface area contributed by atoms with Crippen molar-refractivity contribution in [3.63, 3.8) is 0 Å². The molecule has 0 saturated carbocycles. The zero-order valence-electron chi connectivity index (χ0n) is 20.3. The summed E-state index contributed by atoms with van der Waals surface area (Å²) in [5.74, 6) is -0.00841. The van der Waals surface area contributed by atoms with Crippen LogP contribution in [-0.4, -0.2) is 45.9 Å². The summed E-state index contributed by atoms with van der Waals surface area (Å²) < 4.78 is 11.4. The van der Waals surface area contributed by atoms with Gasteiger partial charge in [-0.1, -0.05) is 91.0 Å². The fourth-order valence-corrected chi connectivity index (χ4v) is 6.05. The molecule has 0 radical (unpaired) electrons. The van der Waals surface area contributed by atoms with Crippen LogP contribution in [0.1, 0.15) is 22.8 Å². The lowest BCUT2D eigenvalue weighted by molar-refractivity contribution is -0.149. The normalized spacial score (nSPS) is 18.5. The fourth-order valence-electron chi connectivity index (χ4n) is 4.41. The van der Waals surface area contributed by atoms with E-state index in [2.05, 4.69) is 5.32 Å². The van der Waals surface area contributed by atoms with E-state index in [-0.39, 0.29) is 30.0 Å². The molecule has 2 amide bonds. The number of nitrogens with zero attached hydrogens (tertiary/aromatic N) is 1. The number of carbonyl (C=O) groups is 3. The molecule has 0 aliphatic carbocycles. The lowest BCUT2D eigenvalue weighted by atomic mass is 10.0. The van der Waals surface area contributed by atoms with E-state index in [1.807, 2.05) is 91.0 Å². The van der Waals surface area contributed by atoms with Crippen molar-refractivity contribution in [2.24, 2.45) is 0 Å². The van der Waals surface area contributed by atoms with Gasteiger partial charge in [0.2, 0.25) is 11.8 Å². The number of carbonyl (C=O) groups excluding carboxylic acids is 3. The maximum absolute atomic E-state index is 13.1. The molecule has 5 rings (SSSR count). The van der Waals surface area contributed by atoms with Crippen molar-refractivity contribution in [3.05, 3.63) is 119 Å². The van der Waals surface area contributed by atoms with Crippen molar-refractivity contribution in [1.29, 1.82) is 0 Å². The van der Waals surface area contributed by atoms with Crippen LogP contribution in [0, 0.1) is 0 Å². The molecule has 3 aromatic carbocycles. The molecule has 1 N–H and O–H groups in total. The van der Waals surface area contributed by atoms with Crippen LogP contribution in [0.4, 0.5) is 4.79 Å². The van der Waals surface area contributed by atoms with E-state index in [9.17, 15) is 14.4 Å². The number of hydrogen-bond acceptors (Lipinski definition) is 6. The predicted octanol–water partition coefficient (Wildman–Crippen LogP) is 5.02. The minimum atomic E-state index is -0.949. The Morgan fingerprint density at radius 1 is 0.947 bits per heavy atom. The third kappa shape index (κ3) is 5.56. The van der Waals surface area contributed by atoms with Gasteiger partial charge in [-0.3, -0.25) is 14.5 Å². The molecule has 1 saturated heterocycles. The quantitative estimate of drug-likeness (QED) is 0.242. The van der Waals surface area contributed by atoms with Gasteiger partial charge in [0.15, 0.2) is 6.10 Å². The number of rotatable bonds is 8. The molecule has 9 heteroatoms. The Hall–Kier alpha value is -3.75. The van der Waals surface area contributed by atoms with Crippen LogP contribution in [0.5, 0.6) is 0 Å². The maximum atomic E-state index is 13.1. The molecule has 0 aromatic heterocycles. The first kappa shape index (κ1) is 25.9. The van der Waals surface area contributed by atoms with Crippen LogP contribution in [0.25, 0.3) is 0 Å². The fraction of sp³-hybridized carbons (Fsp3) is 0.207. The molecule has 194 valence electrons. The van der Waals surface area contributed by atoms with Gasteiger partial charge >= 0.3 is 6.16 Å². The second kappa shape index (κ2) is 11.8. The van der Waals surface area contributed by atoms with Crippen molar-refractivity contribution >= 4 is 41.3 Å². The highest BCUT2D eigenvalue weighted by atomic mass is 35.5. The lowest BCUT2D eigenvalue weighted by Gasteiger charge is -2.49. The molecule has 3 aromatic rings. The Balaban J connectivity index is 1.28. The number of nitrogens with one attached hydrogen (secondary N) is 1.